The van der Waals surface area contributed by atoms with Crippen LogP contribution in [0.5, 0.6) is 0 Å². The summed E-state index contributed by atoms with van der Waals surface area (Å²) in [7, 11) is -1.15. The van der Waals surface area contributed by atoms with Crippen LogP contribution in [0.1, 0.15) is 24.2 Å². The Labute approximate surface area is 116 Å². The van der Waals surface area contributed by atoms with E-state index in [2.05, 4.69) is 0 Å². The van der Waals surface area contributed by atoms with E-state index in [0.29, 0.717) is 6.54 Å². The van der Waals surface area contributed by atoms with Crippen molar-refractivity contribution in [3.05, 3.63) is 35.4 Å². The molecule has 0 saturated carbocycles. The summed E-state index contributed by atoms with van der Waals surface area (Å²) in [6.07, 6.45) is 0.604. The molecule has 0 aliphatic rings. The molecule has 4 nitrogen and oxygen atoms in total. The second kappa shape index (κ2) is 6.50. The zero-order valence-corrected chi connectivity index (χ0v) is 12.8. The zero-order chi connectivity index (χ0) is 14.6. The number of hydrogen-bond acceptors (Lipinski definition) is 4. The summed E-state index contributed by atoms with van der Waals surface area (Å²) in [4.78, 5) is 1.87. The summed E-state index contributed by atoms with van der Waals surface area (Å²) in [5, 5.41) is 10.3. The van der Waals surface area contributed by atoms with E-state index in [1.807, 2.05) is 50.1 Å². The van der Waals surface area contributed by atoms with Gasteiger partial charge in [-0.1, -0.05) is 29.8 Å². The van der Waals surface area contributed by atoms with E-state index in [4.69, 9.17) is 0 Å². The molecule has 0 saturated heterocycles. The third-order valence-electron chi connectivity index (χ3n) is 3.39. The van der Waals surface area contributed by atoms with Crippen molar-refractivity contribution in [3.8, 4) is 0 Å². The number of hydrogen-bond donors (Lipinski definition) is 1. The van der Waals surface area contributed by atoms with Crippen molar-refractivity contribution in [2.45, 2.75) is 26.0 Å². The molecular weight excluding hydrogens is 262 g/mol. The number of aliphatic hydroxyl groups excluding tert-OH is 1. The highest BCUT2D eigenvalue weighted by Gasteiger charge is 2.21. The van der Waals surface area contributed by atoms with E-state index in [-0.39, 0.29) is 11.8 Å². The van der Waals surface area contributed by atoms with Gasteiger partial charge in [-0.2, -0.15) is 0 Å². The van der Waals surface area contributed by atoms with Crippen LogP contribution in [0.25, 0.3) is 0 Å². The lowest BCUT2D eigenvalue weighted by molar-refractivity contribution is 0.0758. The Morgan fingerprint density at radius 2 is 1.79 bits per heavy atom. The van der Waals surface area contributed by atoms with Gasteiger partial charge in [0.1, 0.15) is 9.84 Å². The predicted molar refractivity (Wildman–Crippen MR) is 77.9 cm³/mol. The molecule has 0 aromatic heterocycles. The molecule has 0 radical (unpaired) electrons. The van der Waals surface area contributed by atoms with Crippen molar-refractivity contribution in [3.63, 3.8) is 0 Å². The second-order valence-electron chi connectivity index (χ2n) is 5.21. The van der Waals surface area contributed by atoms with E-state index in [1.165, 1.54) is 6.26 Å². The van der Waals surface area contributed by atoms with Crippen molar-refractivity contribution < 1.29 is 13.5 Å². The van der Waals surface area contributed by atoms with Crippen molar-refractivity contribution >= 4 is 9.84 Å². The molecule has 0 aliphatic heterocycles. The molecule has 5 heteroatoms. The maximum absolute atomic E-state index is 11.1. The van der Waals surface area contributed by atoms with Crippen LogP contribution in [0.15, 0.2) is 24.3 Å². The number of aryl methyl sites for hydroxylation is 1. The standard InChI is InChI=1S/C14H23NO3S/c1-11-5-7-13(8-6-11)14(16)12(2)15(3)9-10-19(4,17)18/h5-8,12,14,16H,9-10H2,1-4H3. The van der Waals surface area contributed by atoms with Crippen LogP contribution in [0.4, 0.5) is 0 Å². The zero-order valence-electron chi connectivity index (χ0n) is 12.0. The maximum atomic E-state index is 11.1. The van der Waals surface area contributed by atoms with Crippen LogP contribution in [0.2, 0.25) is 0 Å². The molecule has 0 aliphatic carbocycles. The Hall–Kier alpha value is -0.910. The highest BCUT2D eigenvalue weighted by atomic mass is 32.2. The van der Waals surface area contributed by atoms with E-state index in [9.17, 15) is 13.5 Å². The van der Waals surface area contributed by atoms with Gasteiger partial charge in [0.25, 0.3) is 0 Å². The van der Waals surface area contributed by atoms with Crippen LogP contribution in [0, 0.1) is 6.92 Å². The molecule has 19 heavy (non-hydrogen) atoms. The van der Waals surface area contributed by atoms with Gasteiger partial charge in [0.15, 0.2) is 0 Å². The number of sulfone groups is 1. The fourth-order valence-electron chi connectivity index (χ4n) is 1.80. The van der Waals surface area contributed by atoms with E-state index < -0.39 is 15.9 Å². The van der Waals surface area contributed by atoms with Crippen molar-refractivity contribution in [1.29, 1.82) is 0 Å². The third-order valence-corrected chi connectivity index (χ3v) is 4.31. The Kier molecular flexibility index (Phi) is 5.52. The van der Waals surface area contributed by atoms with Crippen LogP contribution in [-0.2, 0) is 9.84 Å². The minimum absolute atomic E-state index is 0.106. The Morgan fingerprint density at radius 3 is 2.26 bits per heavy atom. The molecule has 108 valence electrons. The van der Waals surface area contributed by atoms with Crippen molar-refractivity contribution in [2.24, 2.45) is 0 Å². The number of benzene rings is 1. The first kappa shape index (κ1) is 16.1. The summed E-state index contributed by atoms with van der Waals surface area (Å²) in [6.45, 7) is 4.31. The predicted octanol–water partition coefficient (Wildman–Crippen LogP) is 1.39. The molecule has 0 bridgehead atoms. The Morgan fingerprint density at radius 1 is 1.26 bits per heavy atom. The molecular formula is C14H23NO3S. The lowest BCUT2D eigenvalue weighted by Crippen LogP contribution is -2.37. The van der Waals surface area contributed by atoms with Gasteiger partial charge in [-0.15, -0.1) is 0 Å². The summed E-state index contributed by atoms with van der Waals surface area (Å²) >= 11 is 0. The van der Waals surface area contributed by atoms with E-state index in [0.717, 1.165) is 11.1 Å². The number of likely N-dealkylation sites (N-methyl/N-ethyl adjacent to an activating group) is 1. The van der Waals surface area contributed by atoms with Gasteiger partial charge in [0.2, 0.25) is 0 Å². The minimum Gasteiger partial charge on any atom is -0.387 e. The summed E-state index contributed by atoms with van der Waals surface area (Å²) in [5.74, 6) is 0.106. The van der Waals surface area contributed by atoms with Crippen LogP contribution in [0.3, 0.4) is 0 Å². The fourth-order valence-corrected chi connectivity index (χ4v) is 2.42. The lowest BCUT2D eigenvalue weighted by Gasteiger charge is -2.29. The molecule has 1 aromatic rings. The van der Waals surface area contributed by atoms with Gasteiger partial charge >= 0.3 is 0 Å². The van der Waals surface area contributed by atoms with Gasteiger partial charge in [-0.3, -0.25) is 4.90 Å². The highest BCUT2D eigenvalue weighted by molar-refractivity contribution is 7.90. The normalized spacial score (nSPS) is 15.5. The first-order chi connectivity index (χ1) is 8.70. The number of rotatable bonds is 6. The van der Waals surface area contributed by atoms with Crippen molar-refractivity contribution in [1.82, 2.24) is 4.90 Å². The SMILES string of the molecule is Cc1ccc(C(O)C(C)N(C)CCS(C)(=O)=O)cc1. The topological polar surface area (TPSA) is 57.6 Å². The first-order valence-corrected chi connectivity index (χ1v) is 8.39. The van der Waals surface area contributed by atoms with Crippen LogP contribution in [-0.4, -0.2) is 50.1 Å². The van der Waals surface area contributed by atoms with Gasteiger partial charge in [-0.25, -0.2) is 8.42 Å². The summed E-state index contributed by atoms with van der Waals surface area (Å²) in [5.41, 5.74) is 2.00. The molecule has 1 aromatic carbocycles. The smallest absolute Gasteiger partial charge is 0.148 e. The number of aliphatic hydroxyl groups is 1. The molecule has 1 N–H and O–H groups in total. The first-order valence-electron chi connectivity index (χ1n) is 6.33. The van der Waals surface area contributed by atoms with Gasteiger partial charge in [-0.05, 0) is 26.5 Å². The lowest BCUT2D eigenvalue weighted by atomic mass is 10.0. The molecule has 1 rings (SSSR count). The summed E-state index contributed by atoms with van der Waals surface area (Å²) in [6, 6.07) is 7.59. The second-order valence-corrected chi connectivity index (χ2v) is 7.47. The fraction of sp³-hybridized carbons (Fsp3) is 0.571. The number of nitrogens with zero attached hydrogens (tertiary/aromatic N) is 1. The van der Waals surface area contributed by atoms with Gasteiger partial charge < -0.3 is 5.11 Å². The quantitative estimate of drug-likeness (QED) is 0.858. The molecule has 0 fully saturated rings. The third kappa shape index (κ3) is 5.30. The largest absolute Gasteiger partial charge is 0.387 e. The van der Waals surface area contributed by atoms with E-state index in [1.54, 1.807) is 0 Å². The average Bonchev–Trinajstić information content (AvgIpc) is 2.34. The van der Waals surface area contributed by atoms with Crippen LogP contribution < -0.4 is 0 Å². The van der Waals surface area contributed by atoms with Gasteiger partial charge in [0.05, 0.1) is 11.9 Å². The monoisotopic (exact) mass is 285 g/mol. The summed E-state index contributed by atoms with van der Waals surface area (Å²) < 4.78 is 22.3. The maximum Gasteiger partial charge on any atom is 0.148 e. The average molecular weight is 285 g/mol. The Balaban J connectivity index is 2.65. The molecule has 0 amide bonds. The van der Waals surface area contributed by atoms with Crippen molar-refractivity contribution in [2.75, 3.05) is 25.6 Å². The highest BCUT2D eigenvalue weighted by Crippen LogP contribution is 2.20. The molecule has 2 atom stereocenters. The molecule has 0 heterocycles. The molecule has 2 unspecified atom stereocenters. The van der Waals surface area contributed by atoms with Gasteiger partial charge in [0, 0.05) is 18.8 Å². The minimum atomic E-state index is -2.97. The Bertz CT molecular complexity index is 496. The molecule has 0 spiro atoms. The van der Waals surface area contributed by atoms with E-state index >= 15 is 0 Å². The van der Waals surface area contributed by atoms with Crippen LogP contribution >= 0.6 is 0 Å².